The zero-order valence-electron chi connectivity index (χ0n) is 9.21. The molecule has 1 nitrogen and oxygen atoms in total. The van der Waals surface area contributed by atoms with Crippen LogP contribution in [0, 0.1) is 0 Å². The first-order valence-corrected chi connectivity index (χ1v) is 5.73. The number of hydrogen-bond acceptors (Lipinski definition) is 1. The van der Waals surface area contributed by atoms with Gasteiger partial charge in [-0.2, -0.15) is 13.2 Å². The van der Waals surface area contributed by atoms with Gasteiger partial charge in [-0.15, -0.1) is 11.6 Å². The zero-order valence-corrected chi connectivity index (χ0v) is 9.96. The Bertz CT molecular complexity index is 538. The van der Waals surface area contributed by atoms with Crippen LogP contribution in [0.5, 0.6) is 0 Å². The lowest BCUT2D eigenvalue weighted by atomic mass is 10.1. The summed E-state index contributed by atoms with van der Waals surface area (Å²) < 4.78 is 38.1. The molecule has 1 aromatic carbocycles. The van der Waals surface area contributed by atoms with Gasteiger partial charge in [-0.05, 0) is 17.7 Å². The number of aromatic nitrogens is 1. The molecule has 18 heavy (non-hydrogen) atoms. The fraction of sp³-hybridized carbons (Fsp3) is 0.154. The largest absolute Gasteiger partial charge is 0.433 e. The summed E-state index contributed by atoms with van der Waals surface area (Å²) in [6.45, 7) is 0. The van der Waals surface area contributed by atoms with Crippen molar-refractivity contribution in [2.75, 3.05) is 0 Å². The normalized spacial score (nSPS) is 11.6. The maximum absolute atomic E-state index is 12.7. The van der Waals surface area contributed by atoms with Gasteiger partial charge in [0.2, 0.25) is 0 Å². The molecule has 0 atom stereocenters. The molecule has 1 heterocycles. The Labute approximate surface area is 107 Å². The second kappa shape index (κ2) is 4.98. The van der Waals surface area contributed by atoms with E-state index in [1.54, 1.807) is 36.4 Å². The molecular formula is C13H9ClF3N. The van der Waals surface area contributed by atoms with Crippen molar-refractivity contribution < 1.29 is 13.2 Å². The van der Waals surface area contributed by atoms with Gasteiger partial charge in [-0.3, -0.25) is 0 Å². The molecular weight excluding hydrogens is 263 g/mol. The molecule has 0 saturated heterocycles. The van der Waals surface area contributed by atoms with Gasteiger partial charge in [-0.1, -0.05) is 30.3 Å². The van der Waals surface area contributed by atoms with E-state index in [0.717, 1.165) is 6.07 Å². The average molecular weight is 272 g/mol. The minimum Gasteiger partial charge on any atom is -0.243 e. The summed E-state index contributed by atoms with van der Waals surface area (Å²) in [6.07, 6.45) is -4.47. The van der Waals surface area contributed by atoms with E-state index >= 15 is 0 Å². The van der Waals surface area contributed by atoms with Gasteiger partial charge in [0.25, 0.3) is 0 Å². The summed E-state index contributed by atoms with van der Waals surface area (Å²) in [6, 6.07) is 11.2. The molecule has 0 N–H and O–H groups in total. The van der Waals surface area contributed by atoms with Gasteiger partial charge >= 0.3 is 6.18 Å². The van der Waals surface area contributed by atoms with Crippen LogP contribution in [-0.2, 0) is 12.1 Å². The van der Waals surface area contributed by atoms with Gasteiger partial charge in [-0.25, -0.2) is 4.98 Å². The lowest BCUT2D eigenvalue weighted by Crippen LogP contribution is -2.09. The van der Waals surface area contributed by atoms with E-state index in [1.807, 2.05) is 0 Å². The third-order valence-electron chi connectivity index (χ3n) is 2.40. The molecule has 1 aromatic heterocycles. The molecule has 0 radical (unpaired) electrons. The number of halogens is 4. The number of benzene rings is 1. The highest BCUT2D eigenvalue weighted by molar-refractivity contribution is 6.17. The quantitative estimate of drug-likeness (QED) is 0.733. The van der Waals surface area contributed by atoms with Crippen LogP contribution < -0.4 is 0 Å². The standard InChI is InChI=1S/C13H9ClF3N/c14-8-9-6-11(10-4-2-1-3-5-10)18-12(7-9)13(15,16)17/h1-7H,8H2. The molecule has 94 valence electrons. The molecule has 0 spiro atoms. The molecule has 0 bridgehead atoms. The number of rotatable bonds is 2. The summed E-state index contributed by atoms with van der Waals surface area (Å²) in [4.78, 5) is 3.64. The van der Waals surface area contributed by atoms with Gasteiger partial charge in [0.05, 0.1) is 5.69 Å². The van der Waals surface area contributed by atoms with Crippen LogP contribution in [0.25, 0.3) is 11.3 Å². The highest BCUT2D eigenvalue weighted by Gasteiger charge is 2.33. The van der Waals surface area contributed by atoms with E-state index < -0.39 is 11.9 Å². The predicted octanol–water partition coefficient (Wildman–Crippen LogP) is 4.51. The van der Waals surface area contributed by atoms with Gasteiger partial charge in [0, 0.05) is 11.4 Å². The summed E-state index contributed by atoms with van der Waals surface area (Å²) >= 11 is 5.61. The lowest BCUT2D eigenvalue weighted by molar-refractivity contribution is -0.141. The highest BCUT2D eigenvalue weighted by Crippen LogP contribution is 2.31. The maximum atomic E-state index is 12.7. The van der Waals surface area contributed by atoms with Gasteiger partial charge in [0.15, 0.2) is 0 Å². The Morgan fingerprint density at radius 2 is 1.72 bits per heavy atom. The molecule has 2 aromatic rings. The van der Waals surface area contributed by atoms with Crippen molar-refractivity contribution in [3.63, 3.8) is 0 Å². The van der Waals surface area contributed by atoms with Crippen LogP contribution in [0.3, 0.4) is 0 Å². The van der Waals surface area contributed by atoms with Crippen molar-refractivity contribution in [1.82, 2.24) is 4.98 Å². The van der Waals surface area contributed by atoms with Gasteiger partial charge in [0.1, 0.15) is 5.69 Å². The molecule has 5 heteroatoms. The first-order valence-electron chi connectivity index (χ1n) is 5.20. The van der Waals surface area contributed by atoms with E-state index in [2.05, 4.69) is 4.98 Å². The van der Waals surface area contributed by atoms with Crippen molar-refractivity contribution in [3.05, 3.63) is 53.7 Å². The number of alkyl halides is 4. The topological polar surface area (TPSA) is 12.9 Å². The van der Waals surface area contributed by atoms with E-state index in [1.165, 1.54) is 0 Å². The maximum Gasteiger partial charge on any atom is 0.433 e. The first-order chi connectivity index (χ1) is 8.50. The summed E-state index contributed by atoms with van der Waals surface area (Å²) in [7, 11) is 0. The summed E-state index contributed by atoms with van der Waals surface area (Å²) in [5, 5.41) is 0. The lowest BCUT2D eigenvalue weighted by Gasteiger charge is -2.10. The molecule has 0 aliphatic rings. The average Bonchev–Trinajstić information content (AvgIpc) is 2.38. The molecule has 0 saturated carbocycles. The van der Waals surface area contributed by atoms with Crippen molar-refractivity contribution in [2.24, 2.45) is 0 Å². The first kappa shape index (κ1) is 12.9. The molecule has 0 aliphatic carbocycles. The number of pyridine rings is 1. The van der Waals surface area contributed by atoms with E-state index in [4.69, 9.17) is 11.6 Å². The van der Waals surface area contributed by atoms with Crippen LogP contribution >= 0.6 is 11.6 Å². The number of hydrogen-bond donors (Lipinski definition) is 0. The fourth-order valence-electron chi connectivity index (χ4n) is 1.57. The third kappa shape index (κ3) is 2.82. The van der Waals surface area contributed by atoms with Crippen LogP contribution in [0.15, 0.2) is 42.5 Å². The van der Waals surface area contributed by atoms with Crippen molar-refractivity contribution in [2.45, 2.75) is 12.1 Å². The summed E-state index contributed by atoms with van der Waals surface area (Å²) in [5.74, 6) is 0.0193. The van der Waals surface area contributed by atoms with Gasteiger partial charge < -0.3 is 0 Å². The third-order valence-corrected chi connectivity index (χ3v) is 2.71. The van der Waals surface area contributed by atoms with Crippen LogP contribution in [0.1, 0.15) is 11.3 Å². The Balaban J connectivity index is 2.55. The monoisotopic (exact) mass is 271 g/mol. The van der Waals surface area contributed by atoms with Crippen LogP contribution in [-0.4, -0.2) is 4.98 Å². The van der Waals surface area contributed by atoms with Crippen molar-refractivity contribution >= 4 is 11.6 Å². The molecule has 2 rings (SSSR count). The number of nitrogens with zero attached hydrogens (tertiary/aromatic N) is 1. The van der Waals surface area contributed by atoms with Crippen LogP contribution in [0.2, 0.25) is 0 Å². The molecule has 0 amide bonds. The smallest absolute Gasteiger partial charge is 0.243 e. The SMILES string of the molecule is FC(F)(F)c1cc(CCl)cc(-c2ccccc2)n1. The molecule has 0 fully saturated rings. The summed E-state index contributed by atoms with van der Waals surface area (Å²) in [5.41, 5.74) is 0.397. The molecule has 0 aliphatic heterocycles. The highest BCUT2D eigenvalue weighted by atomic mass is 35.5. The minimum atomic E-state index is -4.47. The zero-order chi connectivity index (χ0) is 13.2. The predicted molar refractivity (Wildman–Crippen MR) is 64.2 cm³/mol. The van der Waals surface area contributed by atoms with Crippen molar-refractivity contribution in [1.29, 1.82) is 0 Å². The minimum absolute atomic E-state index is 0.0193. The van der Waals surface area contributed by atoms with Crippen LogP contribution in [0.4, 0.5) is 13.2 Å². The second-order valence-electron chi connectivity index (χ2n) is 3.74. The molecule has 0 unspecified atom stereocenters. The van der Waals surface area contributed by atoms with E-state index in [0.29, 0.717) is 11.1 Å². The Hall–Kier alpha value is -1.55. The van der Waals surface area contributed by atoms with E-state index in [9.17, 15) is 13.2 Å². The Morgan fingerprint density at radius 1 is 1.06 bits per heavy atom. The second-order valence-corrected chi connectivity index (χ2v) is 4.01. The Morgan fingerprint density at radius 3 is 2.28 bits per heavy atom. The van der Waals surface area contributed by atoms with E-state index in [-0.39, 0.29) is 11.6 Å². The Kier molecular flexibility index (Phi) is 3.57. The van der Waals surface area contributed by atoms with Crippen molar-refractivity contribution in [3.8, 4) is 11.3 Å². The fourth-order valence-corrected chi connectivity index (χ4v) is 1.72.